The molecule has 5 heteroatoms. The number of nitrogen functional groups attached to an aromatic ring is 1. The maximum absolute atomic E-state index is 5.81. The van der Waals surface area contributed by atoms with Crippen molar-refractivity contribution in [3.8, 4) is 11.1 Å². The number of nitrogens with zero attached hydrogens (tertiary/aromatic N) is 3. The maximum atomic E-state index is 5.81. The molecular formula is C13H13N5. The predicted molar refractivity (Wildman–Crippen MR) is 70.9 cm³/mol. The lowest BCUT2D eigenvalue weighted by atomic mass is 10.1. The van der Waals surface area contributed by atoms with Gasteiger partial charge in [-0.2, -0.15) is 0 Å². The second-order valence-electron chi connectivity index (χ2n) is 4.12. The van der Waals surface area contributed by atoms with E-state index in [0.717, 1.165) is 28.6 Å². The van der Waals surface area contributed by atoms with Crippen molar-refractivity contribution in [1.82, 2.24) is 19.9 Å². The van der Waals surface area contributed by atoms with E-state index in [-0.39, 0.29) is 0 Å². The fraction of sp³-hybridized carbons (Fsp3) is 0.154. The summed E-state index contributed by atoms with van der Waals surface area (Å²) < 4.78 is 0. The van der Waals surface area contributed by atoms with Crippen LogP contribution in [0.4, 0.5) is 5.82 Å². The number of fused-ring (bicyclic) bond motifs is 1. The van der Waals surface area contributed by atoms with E-state index in [1.54, 1.807) is 0 Å². The van der Waals surface area contributed by atoms with E-state index in [1.807, 2.05) is 18.6 Å². The molecule has 0 saturated carbocycles. The lowest BCUT2D eigenvalue weighted by Crippen LogP contribution is -1.92. The summed E-state index contributed by atoms with van der Waals surface area (Å²) in [5.74, 6) is 0.464. The molecule has 5 nitrogen and oxygen atoms in total. The molecule has 0 radical (unpaired) electrons. The van der Waals surface area contributed by atoms with Crippen molar-refractivity contribution < 1.29 is 0 Å². The highest BCUT2D eigenvalue weighted by Crippen LogP contribution is 2.28. The van der Waals surface area contributed by atoms with E-state index < -0.39 is 0 Å². The maximum Gasteiger partial charge on any atom is 0.151 e. The molecule has 3 N–H and O–H groups in total. The third kappa shape index (κ3) is 1.60. The Morgan fingerprint density at radius 3 is 3.00 bits per heavy atom. The minimum atomic E-state index is 0.464. The van der Waals surface area contributed by atoms with Gasteiger partial charge in [0.05, 0.1) is 0 Å². The van der Waals surface area contributed by atoms with Crippen LogP contribution >= 0.6 is 0 Å². The lowest BCUT2D eigenvalue weighted by molar-refractivity contribution is 1.10. The Morgan fingerprint density at radius 1 is 1.28 bits per heavy atom. The van der Waals surface area contributed by atoms with Crippen molar-refractivity contribution in [1.29, 1.82) is 0 Å². The average Bonchev–Trinajstić information content (AvgIpc) is 2.84. The molecule has 0 spiro atoms. The lowest BCUT2D eigenvalue weighted by Gasteiger charge is -2.01. The quantitative estimate of drug-likeness (QED) is 0.718. The van der Waals surface area contributed by atoms with Gasteiger partial charge >= 0.3 is 0 Å². The molecular weight excluding hydrogens is 226 g/mol. The molecule has 0 aliphatic rings. The summed E-state index contributed by atoms with van der Waals surface area (Å²) in [5, 5.41) is 0. The SMILES string of the molecule is CCc1cncc(-c2c[nH]c3c(N)ncnc23)c1. The molecule has 3 aromatic heterocycles. The van der Waals surface area contributed by atoms with Gasteiger partial charge in [0.15, 0.2) is 5.82 Å². The molecule has 0 aromatic carbocycles. The highest BCUT2D eigenvalue weighted by Gasteiger charge is 2.10. The van der Waals surface area contributed by atoms with Gasteiger partial charge in [-0.15, -0.1) is 0 Å². The molecule has 3 aromatic rings. The Labute approximate surface area is 104 Å². The standard InChI is InChI=1S/C13H13N5/c1-2-8-3-9(5-15-4-8)10-6-16-12-11(10)17-7-18-13(12)14/h3-7,16H,2H2,1H3,(H2,14,17,18). The van der Waals surface area contributed by atoms with Crippen molar-refractivity contribution in [2.45, 2.75) is 13.3 Å². The second kappa shape index (κ2) is 4.10. The smallest absolute Gasteiger partial charge is 0.151 e. The van der Waals surface area contributed by atoms with Crippen LogP contribution in [0.5, 0.6) is 0 Å². The molecule has 0 amide bonds. The first kappa shape index (κ1) is 10.7. The van der Waals surface area contributed by atoms with Gasteiger partial charge in [-0.1, -0.05) is 6.92 Å². The Balaban J connectivity index is 2.22. The summed E-state index contributed by atoms with van der Waals surface area (Å²) in [5.41, 5.74) is 10.6. The summed E-state index contributed by atoms with van der Waals surface area (Å²) in [7, 11) is 0. The number of nitrogens with two attached hydrogens (primary N) is 1. The van der Waals surface area contributed by atoms with Gasteiger partial charge in [0.2, 0.25) is 0 Å². The molecule has 0 aliphatic heterocycles. The van der Waals surface area contributed by atoms with Gasteiger partial charge in [0.25, 0.3) is 0 Å². The summed E-state index contributed by atoms with van der Waals surface area (Å²) in [6, 6.07) is 2.12. The molecule has 0 unspecified atom stereocenters. The monoisotopic (exact) mass is 239 g/mol. The first-order chi connectivity index (χ1) is 8.79. The van der Waals surface area contributed by atoms with Gasteiger partial charge in [-0.25, -0.2) is 9.97 Å². The minimum absolute atomic E-state index is 0.464. The number of hydrogen-bond donors (Lipinski definition) is 2. The minimum Gasteiger partial charge on any atom is -0.382 e. The van der Waals surface area contributed by atoms with Crippen LogP contribution in [0.2, 0.25) is 0 Å². The van der Waals surface area contributed by atoms with Crippen molar-refractivity contribution in [3.05, 3.63) is 36.5 Å². The predicted octanol–water partition coefficient (Wildman–Crippen LogP) is 2.16. The van der Waals surface area contributed by atoms with Gasteiger partial charge in [-0.05, 0) is 18.1 Å². The van der Waals surface area contributed by atoms with Gasteiger partial charge in [0.1, 0.15) is 17.4 Å². The third-order valence-electron chi connectivity index (χ3n) is 3.01. The second-order valence-corrected chi connectivity index (χ2v) is 4.12. The van der Waals surface area contributed by atoms with Crippen LogP contribution in [0.1, 0.15) is 12.5 Å². The van der Waals surface area contributed by atoms with Gasteiger partial charge in [0, 0.05) is 29.7 Å². The summed E-state index contributed by atoms with van der Waals surface area (Å²) in [6.07, 6.45) is 8.04. The van der Waals surface area contributed by atoms with Gasteiger partial charge < -0.3 is 10.7 Å². The van der Waals surface area contributed by atoms with Crippen molar-refractivity contribution in [2.75, 3.05) is 5.73 Å². The molecule has 0 bridgehead atoms. The first-order valence-corrected chi connectivity index (χ1v) is 5.81. The zero-order valence-corrected chi connectivity index (χ0v) is 10.0. The number of anilines is 1. The topological polar surface area (TPSA) is 80.5 Å². The molecule has 0 saturated heterocycles. The Morgan fingerprint density at radius 2 is 2.17 bits per heavy atom. The third-order valence-corrected chi connectivity index (χ3v) is 3.01. The Kier molecular flexibility index (Phi) is 2.44. The van der Waals surface area contributed by atoms with Crippen LogP contribution < -0.4 is 5.73 Å². The number of nitrogens with one attached hydrogen (secondary N) is 1. The molecule has 18 heavy (non-hydrogen) atoms. The number of aromatic amines is 1. The average molecular weight is 239 g/mol. The summed E-state index contributed by atoms with van der Waals surface area (Å²) in [4.78, 5) is 15.6. The fourth-order valence-corrected chi connectivity index (χ4v) is 2.01. The number of aryl methyl sites for hydroxylation is 1. The molecule has 90 valence electrons. The zero-order valence-electron chi connectivity index (χ0n) is 10.0. The van der Waals surface area contributed by atoms with E-state index in [1.165, 1.54) is 11.9 Å². The molecule has 0 fully saturated rings. The van der Waals surface area contributed by atoms with E-state index >= 15 is 0 Å². The summed E-state index contributed by atoms with van der Waals surface area (Å²) in [6.45, 7) is 2.11. The van der Waals surface area contributed by atoms with Crippen LogP contribution in [0, 0.1) is 0 Å². The van der Waals surface area contributed by atoms with E-state index in [0.29, 0.717) is 5.82 Å². The highest BCUT2D eigenvalue weighted by molar-refractivity contribution is 5.96. The van der Waals surface area contributed by atoms with E-state index in [9.17, 15) is 0 Å². The Bertz CT molecular complexity index is 701. The molecule has 0 aliphatic carbocycles. The van der Waals surface area contributed by atoms with Crippen molar-refractivity contribution in [3.63, 3.8) is 0 Å². The molecule has 3 heterocycles. The number of hydrogen-bond acceptors (Lipinski definition) is 4. The van der Waals surface area contributed by atoms with E-state index in [4.69, 9.17) is 5.73 Å². The largest absolute Gasteiger partial charge is 0.382 e. The van der Waals surface area contributed by atoms with E-state index in [2.05, 4.69) is 32.9 Å². The highest BCUT2D eigenvalue weighted by atomic mass is 14.9. The zero-order chi connectivity index (χ0) is 12.5. The number of rotatable bonds is 2. The molecule has 0 atom stereocenters. The number of H-pyrrole nitrogens is 1. The molecule has 3 rings (SSSR count). The van der Waals surface area contributed by atoms with Crippen molar-refractivity contribution in [2.24, 2.45) is 0 Å². The van der Waals surface area contributed by atoms with Crippen molar-refractivity contribution >= 4 is 16.9 Å². The van der Waals surface area contributed by atoms with Gasteiger partial charge in [-0.3, -0.25) is 4.98 Å². The first-order valence-electron chi connectivity index (χ1n) is 5.81. The summed E-state index contributed by atoms with van der Waals surface area (Å²) >= 11 is 0. The Hall–Kier alpha value is -2.43. The number of aromatic nitrogens is 4. The fourth-order valence-electron chi connectivity index (χ4n) is 2.01. The van der Waals surface area contributed by atoms with Crippen LogP contribution in [0.3, 0.4) is 0 Å². The van der Waals surface area contributed by atoms with Crippen LogP contribution in [0.15, 0.2) is 31.0 Å². The van der Waals surface area contributed by atoms with Crippen LogP contribution in [-0.4, -0.2) is 19.9 Å². The number of pyridine rings is 1. The van der Waals surface area contributed by atoms with Crippen LogP contribution in [0.25, 0.3) is 22.2 Å². The van der Waals surface area contributed by atoms with Crippen LogP contribution in [-0.2, 0) is 6.42 Å². The normalized spacial score (nSPS) is 10.9.